The van der Waals surface area contributed by atoms with E-state index in [-0.39, 0.29) is 10.6 Å². The van der Waals surface area contributed by atoms with Gasteiger partial charge in [0.2, 0.25) is 5.91 Å². The maximum absolute atomic E-state index is 13.6. The molecule has 22 heavy (non-hydrogen) atoms. The van der Waals surface area contributed by atoms with E-state index in [0.717, 1.165) is 25.0 Å². The molecular weight excluding hydrogens is 309 g/mol. The van der Waals surface area contributed by atoms with E-state index in [9.17, 15) is 19.1 Å². The van der Waals surface area contributed by atoms with Crippen LogP contribution in [0.3, 0.4) is 0 Å². The van der Waals surface area contributed by atoms with Gasteiger partial charge in [-0.3, -0.25) is 4.79 Å². The van der Waals surface area contributed by atoms with Gasteiger partial charge in [-0.15, -0.1) is 0 Å². The Hall–Kier alpha value is -1.88. The Labute approximate surface area is 133 Å². The number of benzene rings is 1. The van der Waals surface area contributed by atoms with Crippen LogP contribution in [0, 0.1) is 11.7 Å². The predicted molar refractivity (Wildman–Crippen MR) is 82.0 cm³/mol. The lowest BCUT2D eigenvalue weighted by molar-refractivity contribution is -0.146. The number of amides is 1. The number of carboxylic acid groups (broad SMARTS) is 1. The number of rotatable bonds is 6. The molecule has 0 heterocycles. The monoisotopic (exact) mass is 325 g/mol. The minimum Gasteiger partial charge on any atom is -0.480 e. The zero-order valence-electron chi connectivity index (χ0n) is 12.1. The van der Waals surface area contributed by atoms with Crippen molar-refractivity contribution in [2.24, 2.45) is 5.92 Å². The highest BCUT2D eigenvalue weighted by molar-refractivity contribution is 6.30. The molecule has 1 fully saturated rings. The van der Waals surface area contributed by atoms with Crippen molar-refractivity contribution in [1.82, 2.24) is 5.32 Å². The van der Waals surface area contributed by atoms with Crippen LogP contribution < -0.4 is 5.32 Å². The second-order valence-electron chi connectivity index (χ2n) is 5.77. The van der Waals surface area contributed by atoms with Crippen molar-refractivity contribution in [3.8, 4) is 0 Å². The van der Waals surface area contributed by atoms with Crippen molar-refractivity contribution in [2.75, 3.05) is 0 Å². The standard InChI is InChI=1S/C16H17ClFNO3/c1-16(15(21)22,9-10-2-3-10)19-14(20)7-5-11-4-6-12(17)8-13(11)18/h4-8,10H,2-3,9H2,1H3,(H,19,20)(H,21,22). The number of carbonyl (C=O) groups is 2. The maximum Gasteiger partial charge on any atom is 0.329 e. The second kappa shape index (κ2) is 6.48. The van der Waals surface area contributed by atoms with Gasteiger partial charge in [-0.1, -0.05) is 30.5 Å². The van der Waals surface area contributed by atoms with E-state index < -0.39 is 23.2 Å². The van der Waals surface area contributed by atoms with Gasteiger partial charge < -0.3 is 10.4 Å². The summed E-state index contributed by atoms with van der Waals surface area (Å²) in [5.74, 6) is -1.84. The van der Waals surface area contributed by atoms with E-state index >= 15 is 0 Å². The summed E-state index contributed by atoms with van der Waals surface area (Å²) in [4.78, 5) is 23.3. The topological polar surface area (TPSA) is 66.4 Å². The van der Waals surface area contributed by atoms with Crippen LogP contribution in [0.4, 0.5) is 4.39 Å². The molecule has 0 radical (unpaired) electrons. The number of carboxylic acids is 1. The fourth-order valence-corrected chi connectivity index (χ4v) is 2.37. The zero-order chi connectivity index (χ0) is 16.3. The molecule has 1 aliphatic rings. The molecule has 0 saturated heterocycles. The van der Waals surface area contributed by atoms with E-state index in [4.69, 9.17) is 11.6 Å². The van der Waals surface area contributed by atoms with E-state index in [1.54, 1.807) is 0 Å². The Bertz CT molecular complexity index is 628. The molecule has 0 spiro atoms. The van der Waals surface area contributed by atoms with Crippen LogP contribution in [0.2, 0.25) is 5.02 Å². The lowest BCUT2D eigenvalue weighted by Crippen LogP contribution is -2.52. The Kier molecular flexibility index (Phi) is 4.86. The van der Waals surface area contributed by atoms with Gasteiger partial charge in [0.15, 0.2) is 0 Å². The fourth-order valence-electron chi connectivity index (χ4n) is 2.21. The van der Waals surface area contributed by atoms with Gasteiger partial charge in [0.25, 0.3) is 0 Å². The van der Waals surface area contributed by atoms with Crippen LogP contribution in [0.15, 0.2) is 24.3 Å². The molecular formula is C16H17ClFNO3. The second-order valence-corrected chi connectivity index (χ2v) is 6.21. The predicted octanol–water partition coefficient (Wildman–Crippen LogP) is 3.25. The molecule has 1 unspecified atom stereocenters. The molecule has 1 aromatic carbocycles. The number of hydrogen-bond acceptors (Lipinski definition) is 2. The number of nitrogens with one attached hydrogen (secondary N) is 1. The van der Waals surface area contributed by atoms with Crippen LogP contribution in [-0.4, -0.2) is 22.5 Å². The Morgan fingerprint density at radius 3 is 2.73 bits per heavy atom. The molecule has 1 saturated carbocycles. The van der Waals surface area contributed by atoms with E-state index in [2.05, 4.69) is 5.32 Å². The normalized spacial score (nSPS) is 17.2. The first-order valence-electron chi connectivity index (χ1n) is 6.99. The van der Waals surface area contributed by atoms with E-state index in [0.29, 0.717) is 12.3 Å². The highest BCUT2D eigenvalue weighted by Gasteiger charge is 2.40. The van der Waals surface area contributed by atoms with Gasteiger partial charge in [0.05, 0.1) is 0 Å². The van der Waals surface area contributed by atoms with Crippen molar-refractivity contribution in [3.63, 3.8) is 0 Å². The van der Waals surface area contributed by atoms with Gasteiger partial charge in [-0.2, -0.15) is 0 Å². The average molecular weight is 326 g/mol. The Morgan fingerprint density at radius 2 is 2.18 bits per heavy atom. The van der Waals surface area contributed by atoms with Crippen molar-refractivity contribution >= 4 is 29.6 Å². The summed E-state index contributed by atoms with van der Waals surface area (Å²) < 4.78 is 13.6. The first kappa shape index (κ1) is 16.5. The molecule has 1 atom stereocenters. The van der Waals surface area contributed by atoms with Crippen LogP contribution in [0.5, 0.6) is 0 Å². The summed E-state index contributed by atoms with van der Waals surface area (Å²) in [5, 5.41) is 12.1. The molecule has 1 aliphatic carbocycles. The fraction of sp³-hybridized carbons (Fsp3) is 0.375. The van der Waals surface area contributed by atoms with Gasteiger partial charge in [-0.25, -0.2) is 9.18 Å². The minimum atomic E-state index is -1.30. The quantitative estimate of drug-likeness (QED) is 0.789. The number of aliphatic carboxylic acids is 1. The largest absolute Gasteiger partial charge is 0.480 e. The van der Waals surface area contributed by atoms with Gasteiger partial charge in [0, 0.05) is 16.7 Å². The third-order valence-corrected chi connectivity index (χ3v) is 3.88. The van der Waals surface area contributed by atoms with E-state index in [1.165, 1.54) is 25.1 Å². The summed E-state index contributed by atoms with van der Waals surface area (Å²) in [6.45, 7) is 1.49. The first-order chi connectivity index (χ1) is 10.3. The summed E-state index contributed by atoms with van der Waals surface area (Å²) in [7, 11) is 0. The highest BCUT2D eigenvalue weighted by atomic mass is 35.5. The van der Waals surface area contributed by atoms with Gasteiger partial charge in [-0.05, 0) is 37.5 Å². The summed E-state index contributed by atoms with van der Waals surface area (Å²) >= 11 is 5.65. The van der Waals surface area contributed by atoms with Crippen molar-refractivity contribution < 1.29 is 19.1 Å². The number of halogens is 2. The van der Waals surface area contributed by atoms with Gasteiger partial charge >= 0.3 is 5.97 Å². The number of carbonyl (C=O) groups excluding carboxylic acids is 1. The molecule has 2 N–H and O–H groups in total. The molecule has 1 amide bonds. The summed E-state index contributed by atoms with van der Waals surface area (Å²) in [5.41, 5.74) is -1.10. The summed E-state index contributed by atoms with van der Waals surface area (Å²) in [6, 6.07) is 4.10. The molecule has 6 heteroatoms. The van der Waals surface area contributed by atoms with Crippen molar-refractivity contribution in [1.29, 1.82) is 0 Å². The SMILES string of the molecule is CC(CC1CC1)(NC(=O)C=Cc1ccc(Cl)cc1F)C(=O)O. The highest BCUT2D eigenvalue weighted by Crippen LogP contribution is 2.36. The first-order valence-corrected chi connectivity index (χ1v) is 7.36. The molecule has 118 valence electrons. The maximum atomic E-state index is 13.6. The molecule has 0 aromatic heterocycles. The van der Waals surface area contributed by atoms with E-state index in [1.807, 2.05) is 0 Å². The molecule has 2 rings (SSSR count). The Balaban J connectivity index is 2.04. The third kappa shape index (κ3) is 4.31. The smallest absolute Gasteiger partial charge is 0.329 e. The van der Waals surface area contributed by atoms with Crippen molar-refractivity contribution in [2.45, 2.75) is 31.7 Å². The third-order valence-electron chi connectivity index (χ3n) is 3.64. The minimum absolute atomic E-state index is 0.207. The lowest BCUT2D eigenvalue weighted by atomic mass is 9.94. The number of hydrogen-bond donors (Lipinski definition) is 2. The average Bonchev–Trinajstić information content (AvgIpc) is 3.21. The van der Waals surface area contributed by atoms with Crippen molar-refractivity contribution in [3.05, 3.63) is 40.7 Å². The van der Waals surface area contributed by atoms with Crippen LogP contribution >= 0.6 is 11.6 Å². The molecule has 0 bridgehead atoms. The van der Waals surface area contributed by atoms with Crippen LogP contribution in [0.1, 0.15) is 31.7 Å². The summed E-state index contributed by atoms with van der Waals surface area (Å²) in [6.07, 6.45) is 4.80. The Morgan fingerprint density at radius 1 is 1.50 bits per heavy atom. The van der Waals surface area contributed by atoms with Gasteiger partial charge in [0.1, 0.15) is 11.4 Å². The van der Waals surface area contributed by atoms with Crippen LogP contribution in [-0.2, 0) is 9.59 Å². The molecule has 0 aliphatic heterocycles. The lowest BCUT2D eigenvalue weighted by Gasteiger charge is -2.25. The zero-order valence-corrected chi connectivity index (χ0v) is 12.9. The molecule has 4 nitrogen and oxygen atoms in total. The van der Waals surface area contributed by atoms with Crippen LogP contribution in [0.25, 0.3) is 6.08 Å². The molecule has 1 aromatic rings.